The predicted molar refractivity (Wildman–Crippen MR) is 123 cm³/mol. The van der Waals surface area contributed by atoms with E-state index in [0.29, 0.717) is 26.5 Å². The summed E-state index contributed by atoms with van der Waals surface area (Å²) in [4.78, 5) is 35.3. The van der Waals surface area contributed by atoms with Crippen molar-refractivity contribution in [3.05, 3.63) is 69.9 Å². The maximum Gasteiger partial charge on any atom is 0.275 e. The van der Waals surface area contributed by atoms with E-state index in [9.17, 15) is 9.59 Å². The number of amidine groups is 1. The summed E-state index contributed by atoms with van der Waals surface area (Å²) in [6, 6.07) is 13.4. The van der Waals surface area contributed by atoms with Crippen LogP contribution in [0.1, 0.15) is 15.9 Å². The Morgan fingerprint density at radius 1 is 1.31 bits per heavy atom. The fraction of sp³-hybridized carbons (Fsp3) is 0.318. The predicted octanol–water partition coefficient (Wildman–Crippen LogP) is 3.35. The molecule has 7 nitrogen and oxygen atoms in total. The second-order valence-corrected chi connectivity index (χ2v) is 9.38. The van der Waals surface area contributed by atoms with E-state index >= 15 is 4.39 Å². The molecule has 1 N–H and O–H groups in total. The number of halogens is 2. The van der Waals surface area contributed by atoms with E-state index < -0.39 is 23.4 Å². The highest BCUT2D eigenvalue weighted by atomic mass is 79.9. The number of nitrogens with one attached hydrogen (secondary N) is 1. The van der Waals surface area contributed by atoms with Gasteiger partial charge in [0.05, 0.1) is 13.7 Å². The number of nitrogens with zero attached hydrogens (tertiary/aromatic N) is 2. The van der Waals surface area contributed by atoms with Crippen molar-refractivity contribution < 1.29 is 23.6 Å². The van der Waals surface area contributed by atoms with Crippen LogP contribution < -0.4 is 5.32 Å². The largest absolute Gasteiger partial charge is 0.365 e. The third-order valence-corrected chi connectivity index (χ3v) is 7.13. The summed E-state index contributed by atoms with van der Waals surface area (Å²) in [7, 11) is 2.88. The topological polar surface area (TPSA) is 80.2 Å². The van der Waals surface area contributed by atoms with Gasteiger partial charge in [0.15, 0.2) is 5.17 Å². The van der Waals surface area contributed by atoms with Crippen molar-refractivity contribution in [3.63, 3.8) is 0 Å². The number of aliphatic imine (C=N–C) groups is 1. The lowest BCUT2D eigenvalue weighted by molar-refractivity contribution is -0.179. The standard InChI is InChI=1S/C22H21BrFN3O4S/c1-27(30-2)20(29)18-16-11-32-21(25-19(28)13-6-4-3-5-7-13)26-22(16,12-31-18)15-10-14(23)8-9-17(15)24/h3-10,16,18H,11-12H2,1-2H3,(H,25,26,28)/t16-,18+,22-/m1/s1. The first-order valence-electron chi connectivity index (χ1n) is 9.83. The molecule has 0 bridgehead atoms. The Hall–Kier alpha value is -2.27. The lowest BCUT2D eigenvalue weighted by atomic mass is 9.78. The molecule has 32 heavy (non-hydrogen) atoms. The number of benzene rings is 2. The van der Waals surface area contributed by atoms with Gasteiger partial charge in [-0.2, -0.15) is 0 Å². The number of hydroxylamine groups is 2. The van der Waals surface area contributed by atoms with E-state index in [1.54, 1.807) is 36.4 Å². The van der Waals surface area contributed by atoms with E-state index in [2.05, 4.69) is 21.2 Å². The third kappa shape index (κ3) is 4.19. The van der Waals surface area contributed by atoms with Gasteiger partial charge in [0.2, 0.25) is 0 Å². The number of hydrogen-bond donors (Lipinski definition) is 1. The molecular weight excluding hydrogens is 501 g/mol. The van der Waals surface area contributed by atoms with E-state index in [-0.39, 0.29) is 18.4 Å². The van der Waals surface area contributed by atoms with Crippen LogP contribution in [0.25, 0.3) is 0 Å². The first-order valence-corrected chi connectivity index (χ1v) is 11.6. The monoisotopic (exact) mass is 521 g/mol. The van der Waals surface area contributed by atoms with Gasteiger partial charge in [-0.15, -0.1) is 0 Å². The summed E-state index contributed by atoms with van der Waals surface area (Å²) >= 11 is 4.69. The molecule has 2 aliphatic rings. The van der Waals surface area contributed by atoms with Crippen molar-refractivity contribution in [1.82, 2.24) is 10.4 Å². The highest BCUT2D eigenvalue weighted by molar-refractivity contribution is 9.10. The van der Waals surface area contributed by atoms with Gasteiger partial charge >= 0.3 is 0 Å². The van der Waals surface area contributed by atoms with Gasteiger partial charge in [-0.05, 0) is 30.3 Å². The molecule has 0 aliphatic carbocycles. The molecule has 4 rings (SSSR count). The molecule has 0 unspecified atom stereocenters. The molecule has 1 fully saturated rings. The zero-order chi connectivity index (χ0) is 22.9. The van der Waals surface area contributed by atoms with E-state index in [4.69, 9.17) is 14.6 Å². The Bertz CT molecular complexity index is 1070. The molecule has 0 saturated carbocycles. The van der Waals surface area contributed by atoms with Gasteiger partial charge in [-0.1, -0.05) is 45.9 Å². The number of fused-ring (bicyclic) bond motifs is 1. The Morgan fingerprint density at radius 3 is 2.78 bits per heavy atom. The highest BCUT2D eigenvalue weighted by Gasteiger charge is 2.57. The molecule has 1 saturated heterocycles. The van der Waals surface area contributed by atoms with Crippen LogP contribution in [0.2, 0.25) is 0 Å². The zero-order valence-electron chi connectivity index (χ0n) is 17.4. The second kappa shape index (κ2) is 9.30. The number of carbonyl (C=O) groups is 2. The van der Waals surface area contributed by atoms with Crippen molar-refractivity contribution in [2.75, 3.05) is 26.5 Å². The van der Waals surface area contributed by atoms with Crippen molar-refractivity contribution in [3.8, 4) is 0 Å². The molecule has 10 heteroatoms. The van der Waals surface area contributed by atoms with Gasteiger partial charge < -0.3 is 10.1 Å². The number of hydrogen-bond acceptors (Lipinski definition) is 6. The smallest absolute Gasteiger partial charge is 0.275 e. The molecule has 2 amide bonds. The summed E-state index contributed by atoms with van der Waals surface area (Å²) in [5, 5.41) is 4.27. The zero-order valence-corrected chi connectivity index (χ0v) is 19.8. The van der Waals surface area contributed by atoms with Crippen molar-refractivity contribution in [2.24, 2.45) is 10.9 Å². The number of ether oxygens (including phenoxy) is 1. The summed E-state index contributed by atoms with van der Waals surface area (Å²) in [5.74, 6) is -1.21. The molecule has 0 aromatic heterocycles. The van der Waals surface area contributed by atoms with Crippen LogP contribution in [0, 0.1) is 11.7 Å². The van der Waals surface area contributed by atoms with Crippen LogP contribution in [-0.4, -0.2) is 54.7 Å². The molecule has 0 spiro atoms. The Morgan fingerprint density at radius 2 is 2.06 bits per heavy atom. The normalized spacial score (nSPS) is 24.4. The summed E-state index contributed by atoms with van der Waals surface area (Å²) in [5.41, 5.74) is -0.384. The quantitative estimate of drug-likeness (QED) is 0.624. The van der Waals surface area contributed by atoms with Crippen LogP contribution >= 0.6 is 27.7 Å². The van der Waals surface area contributed by atoms with E-state index in [1.807, 2.05) is 6.07 Å². The third-order valence-electron chi connectivity index (χ3n) is 5.64. The van der Waals surface area contributed by atoms with Crippen LogP contribution in [0.15, 0.2) is 58.0 Å². The van der Waals surface area contributed by atoms with Crippen molar-refractivity contribution in [1.29, 1.82) is 0 Å². The van der Waals surface area contributed by atoms with Gasteiger partial charge in [0.25, 0.3) is 11.8 Å². The molecule has 2 aromatic carbocycles. The number of carbonyl (C=O) groups excluding carboxylic acids is 2. The van der Waals surface area contributed by atoms with Gasteiger partial charge in [-0.3, -0.25) is 14.4 Å². The fourth-order valence-corrected chi connectivity index (χ4v) is 5.46. The SMILES string of the molecule is CON(C)C(=O)[C@H]1OC[C@]2(c3cc(Br)ccc3F)N=C(NC(=O)c3ccccc3)SC[C@H]12. The van der Waals surface area contributed by atoms with Crippen LogP contribution in [-0.2, 0) is 19.9 Å². The van der Waals surface area contributed by atoms with Crippen LogP contribution in [0.3, 0.4) is 0 Å². The van der Waals surface area contributed by atoms with Gasteiger partial charge in [-0.25, -0.2) is 14.4 Å². The summed E-state index contributed by atoms with van der Waals surface area (Å²) in [6.07, 6.45) is -0.860. The van der Waals surface area contributed by atoms with Crippen LogP contribution in [0.4, 0.5) is 4.39 Å². The first-order chi connectivity index (χ1) is 15.4. The molecule has 3 atom stereocenters. The Balaban J connectivity index is 1.74. The summed E-state index contributed by atoms with van der Waals surface area (Å²) < 4.78 is 21.6. The number of likely N-dealkylation sites (N-methyl/N-ethyl adjacent to an activating group) is 1. The lowest BCUT2D eigenvalue weighted by Crippen LogP contribution is -2.48. The fourth-order valence-electron chi connectivity index (χ4n) is 3.92. The highest BCUT2D eigenvalue weighted by Crippen LogP contribution is 2.49. The maximum atomic E-state index is 15.0. The average Bonchev–Trinajstić information content (AvgIpc) is 3.19. The van der Waals surface area contributed by atoms with Gasteiger partial charge in [0.1, 0.15) is 17.5 Å². The minimum Gasteiger partial charge on any atom is -0.365 e. The Kier molecular flexibility index (Phi) is 6.66. The minimum absolute atomic E-state index is 0.00965. The first kappa shape index (κ1) is 22.9. The molecule has 168 valence electrons. The molecule has 2 heterocycles. The number of thioether (sulfide) groups is 1. The molecule has 2 aliphatic heterocycles. The van der Waals surface area contributed by atoms with Gasteiger partial charge in [0, 0.05) is 34.3 Å². The summed E-state index contributed by atoms with van der Waals surface area (Å²) in [6.45, 7) is -0.00965. The van der Waals surface area contributed by atoms with Crippen LogP contribution in [0.5, 0.6) is 0 Å². The van der Waals surface area contributed by atoms with E-state index in [0.717, 1.165) is 5.06 Å². The molecule has 2 aromatic rings. The average molecular weight is 522 g/mol. The maximum absolute atomic E-state index is 15.0. The Labute approximate surface area is 197 Å². The van der Waals surface area contributed by atoms with E-state index in [1.165, 1.54) is 32.0 Å². The second-order valence-electron chi connectivity index (χ2n) is 7.45. The minimum atomic E-state index is -1.17. The van der Waals surface area contributed by atoms with Crippen molar-refractivity contribution >= 4 is 44.7 Å². The molecule has 0 radical (unpaired) electrons. The number of amides is 2. The number of rotatable bonds is 4. The lowest BCUT2D eigenvalue weighted by Gasteiger charge is -2.36. The molecular formula is C22H21BrFN3O4S. The van der Waals surface area contributed by atoms with Crippen molar-refractivity contribution in [2.45, 2.75) is 11.6 Å².